The van der Waals surface area contributed by atoms with Crippen molar-refractivity contribution in [3.8, 4) is 0 Å². The minimum Gasteiger partial charge on any atom is -0.469 e. The summed E-state index contributed by atoms with van der Waals surface area (Å²) in [5, 5.41) is 0. The molecule has 0 aromatic heterocycles. The van der Waals surface area contributed by atoms with Crippen molar-refractivity contribution in [2.24, 2.45) is 5.92 Å². The standard InChI is InChI=1S/C16H28N2O3/c1-21-16(20)8-9-17-10-12-18(13-11-17)15(19)7-6-14-4-2-3-5-14/h14H,2-13H2,1H3. The van der Waals surface area contributed by atoms with E-state index in [-0.39, 0.29) is 5.97 Å². The molecule has 1 saturated heterocycles. The lowest BCUT2D eigenvalue weighted by Crippen LogP contribution is -2.49. The molecule has 0 spiro atoms. The minimum absolute atomic E-state index is 0.162. The number of amides is 1. The summed E-state index contributed by atoms with van der Waals surface area (Å²) in [6, 6.07) is 0. The molecule has 0 N–H and O–H groups in total. The van der Waals surface area contributed by atoms with Gasteiger partial charge in [-0.2, -0.15) is 0 Å². The van der Waals surface area contributed by atoms with Gasteiger partial charge in [-0.1, -0.05) is 25.7 Å². The highest BCUT2D eigenvalue weighted by molar-refractivity contribution is 5.76. The van der Waals surface area contributed by atoms with Gasteiger partial charge in [-0.3, -0.25) is 14.5 Å². The lowest BCUT2D eigenvalue weighted by Gasteiger charge is -2.34. The Hall–Kier alpha value is -1.10. The van der Waals surface area contributed by atoms with Crippen molar-refractivity contribution in [2.45, 2.75) is 44.9 Å². The van der Waals surface area contributed by atoms with Crippen LogP contribution in [0.4, 0.5) is 0 Å². The van der Waals surface area contributed by atoms with Crippen LogP contribution in [0.5, 0.6) is 0 Å². The normalized spacial score (nSPS) is 20.7. The number of ether oxygens (including phenoxy) is 1. The lowest BCUT2D eigenvalue weighted by molar-refractivity contribution is -0.141. The number of piperazine rings is 1. The molecule has 2 fully saturated rings. The maximum absolute atomic E-state index is 12.2. The summed E-state index contributed by atoms with van der Waals surface area (Å²) in [4.78, 5) is 27.6. The predicted octanol–water partition coefficient (Wildman–Crippen LogP) is 1.66. The molecule has 5 nitrogen and oxygen atoms in total. The summed E-state index contributed by atoms with van der Waals surface area (Å²) >= 11 is 0. The summed E-state index contributed by atoms with van der Waals surface area (Å²) in [7, 11) is 1.42. The van der Waals surface area contributed by atoms with E-state index in [9.17, 15) is 9.59 Å². The molecule has 0 unspecified atom stereocenters. The van der Waals surface area contributed by atoms with E-state index < -0.39 is 0 Å². The van der Waals surface area contributed by atoms with Crippen molar-refractivity contribution in [1.29, 1.82) is 0 Å². The van der Waals surface area contributed by atoms with Gasteiger partial charge in [-0.15, -0.1) is 0 Å². The fourth-order valence-corrected chi connectivity index (χ4v) is 3.36. The summed E-state index contributed by atoms with van der Waals surface area (Å²) < 4.78 is 4.65. The van der Waals surface area contributed by atoms with Gasteiger partial charge < -0.3 is 9.64 Å². The van der Waals surface area contributed by atoms with Crippen LogP contribution in [-0.4, -0.2) is 61.5 Å². The van der Waals surface area contributed by atoms with Crippen molar-refractivity contribution in [1.82, 2.24) is 9.80 Å². The van der Waals surface area contributed by atoms with Crippen LogP contribution >= 0.6 is 0 Å². The number of carbonyl (C=O) groups excluding carboxylic acids is 2. The lowest BCUT2D eigenvalue weighted by atomic mass is 10.0. The highest BCUT2D eigenvalue weighted by Crippen LogP contribution is 2.28. The Bertz CT molecular complexity index is 345. The zero-order valence-corrected chi connectivity index (χ0v) is 13.2. The van der Waals surface area contributed by atoms with Crippen molar-refractivity contribution < 1.29 is 14.3 Å². The van der Waals surface area contributed by atoms with Gasteiger partial charge in [0.1, 0.15) is 0 Å². The molecular formula is C16H28N2O3. The van der Waals surface area contributed by atoms with E-state index in [1.165, 1.54) is 32.8 Å². The maximum atomic E-state index is 12.2. The fraction of sp³-hybridized carbons (Fsp3) is 0.875. The van der Waals surface area contributed by atoms with Crippen LogP contribution in [0.25, 0.3) is 0 Å². The highest BCUT2D eigenvalue weighted by Gasteiger charge is 2.23. The molecule has 120 valence electrons. The zero-order chi connectivity index (χ0) is 15.1. The Morgan fingerprint density at radius 2 is 1.71 bits per heavy atom. The van der Waals surface area contributed by atoms with Crippen LogP contribution in [0, 0.1) is 5.92 Å². The van der Waals surface area contributed by atoms with Crippen LogP contribution in [-0.2, 0) is 14.3 Å². The van der Waals surface area contributed by atoms with Crippen LogP contribution in [0.3, 0.4) is 0 Å². The largest absolute Gasteiger partial charge is 0.469 e. The smallest absolute Gasteiger partial charge is 0.306 e. The number of nitrogens with zero attached hydrogens (tertiary/aromatic N) is 2. The van der Waals surface area contributed by atoms with Gasteiger partial charge in [-0.05, 0) is 12.3 Å². The van der Waals surface area contributed by atoms with E-state index in [1.54, 1.807) is 0 Å². The third-order valence-electron chi connectivity index (χ3n) is 4.83. The molecule has 21 heavy (non-hydrogen) atoms. The monoisotopic (exact) mass is 296 g/mol. The van der Waals surface area contributed by atoms with E-state index in [4.69, 9.17) is 0 Å². The average molecular weight is 296 g/mol. The van der Waals surface area contributed by atoms with Crippen molar-refractivity contribution >= 4 is 11.9 Å². The predicted molar refractivity (Wildman–Crippen MR) is 80.8 cm³/mol. The second kappa shape index (κ2) is 8.37. The number of esters is 1. The van der Waals surface area contributed by atoms with Crippen LogP contribution in [0.1, 0.15) is 44.9 Å². The van der Waals surface area contributed by atoms with Gasteiger partial charge in [0.2, 0.25) is 5.91 Å². The number of hydrogen-bond acceptors (Lipinski definition) is 4. The third-order valence-corrected chi connectivity index (χ3v) is 4.83. The van der Waals surface area contributed by atoms with Crippen LogP contribution < -0.4 is 0 Å². The maximum Gasteiger partial charge on any atom is 0.306 e. The quantitative estimate of drug-likeness (QED) is 0.700. The highest BCUT2D eigenvalue weighted by atomic mass is 16.5. The van der Waals surface area contributed by atoms with Crippen molar-refractivity contribution in [3.05, 3.63) is 0 Å². The molecule has 0 bridgehead atoms. The number of rotatable bonds is 6. The van der Waals surface area contributed by atoms with E-state index in [1.807, 2.05) is 4.90 Å². The molecular weight excluding hydrogens is 268 g/mol. The Labute approximate surface area is 127 Å². The van der Waals surface area contributed by atoms with E-state index in [0.29, 0.717) is 18.7 Å². The molecule has 2 aliphatic rings. The Balaban J connectivity index is 1.61. The summed E-state index contributed by atoms with van der Waals surface area (Å²) in [5.74, 6) is 0.940. The summed E-state index contributed by atoms with van der Waals surface area (Å²) in [5.41, 5.74) is 0. The first-order chi connectivity index (χ1) is 10.2. The second-order valence-electron chi connectivity index (χ2n) is 6.24. The topological polar surface area (TPSA) is 49.9 Å². The van der Waals surface area contributed by atoms with Gasteiger partial charge in [0.25, 0.3) is 0 Å². The number of hydrogen-bond donors (Lipinski definition) is 0. The van der Waals surface area contributed by atoms with Gasteiger partial charge in [0, 0.05) is 39.1 Å². The number of carbonyl (C=O) groups is 2. The third kappa shape index (κ3) is 5.30. The van der Waals surface area contributed by atoms with Gasteiger partial charge in [0.15, 0.2) is 0 Å². The summed E-state index contributed by atoms with van der Waals surface area (Å²) in [6.45, 7) is 4.06. The molecule has 1 heterocycles. The van der Waals surface area contributed by atoms with Crippen LogP contribution in [0.15, 0.2) is 0 Å². The Kier molecular flexibility index (Phi) is 6.49. The first kappa shape index (κ1) is 16.3. The molecule has 2 rings (SSSR count). The Morgan fingerprint density at radius 1 is 1.05 bits per heavy atom. The zero-order valence-electron chi connectivity index (χ0n) is 13.2. The molecule has 1 aliphatic carbocycles. The van der Waals surface area contributed by atoms with Gasteiger partial charge in [-0.25, -0.2) is 0 Å². The van der Waals surface area contributed by atoms with E-state index >= 15 is 0 Å². The first-order valence-electron chi connectivity index (χ1n) is 8.26. The molecule has 0 atom stereocenters. The fourth-order valence-electron chi connectivity index (χ4n) is 3.36. The molecule has 1 amide bonds. The average Bonchev–Trinajstić information content (AvgIpc) is 3.04. The summed E-state index contributed by atoms with van der Waals surface area (Å²) in [6.07, 6.45) is 7.54. The van der Waals surface area contributed by atoms with Gasteiger partial charge >= 0.3 is 5.97 Å². The van der Waals surface area contributed by atoms with E-state index in [2.05, 4.69) is 9.64 Å². The second-order valence-corrected chi connectivity index (χ2v) is 6.24. The van der Waals surface area contributed by atoms with Crippen molar-refractivity contribution in [3.63, 3.8) is 0 Å². The molecule has 1 saturated carbocycles. The number of methoxy groups -OCH3 is 1. The molecule has 0 aromatic rings. The van der Waals surface area contributed by atoms with Crippen molar-refractivity contribution in [2.75, 3.05) is 39.8 Å². The molecule has 0 radical (unpaired) electrons. The Morgan fingerprint density at radius 3 is 2.33 bits per heavy atom. The SMILES string of the molecule is COC(=O)CCN1CCN(C(=O)CCC2CCCC2)CC1. The van der Waals surface area contributed by atoms with E-state index in [0.717, 1.165) is 45.1 Å². The van der Waals surface area contributed by atoms with Gasteiger partial charge in [0.05, 0.1) is 13.5 Å². The minimum atomic E-state index is -0.162. The van der Waals surface area contributed by atoms with Crippen LogP contribution in [0.2, 0.25) is 0 Å². The molecule has 1 aliphatic heterocycles. The molecule has 5 heteroatoms. The molecule has 0 aromatic carbocycles. The first-order valence-corrected chi connectivity index (χ1v) is 8.26.